The van der Waals surface area contributed by atoms with Gasteiger partial charge in [-0.1, -0.05) is 26.8 Å². The molecule has 6 rings (SSSR count). The van der Waals surface area contributed by atoms with Gasteiger partial charge in [0.1, 0.15) is 6.33 Å². The van der Waals surface area contributed by atoms with Gasteiger partial charge in [0, 0.05) is 28.1 Å². The number of methoxy groups -OCH3 is 1. The number of aromatic amines is 1. The molecule has 0 radical (unpaired) electrons. The van der Waals surface area contributed by atoms with Crippen molar-refractivity contribution in [3.8, 4) is 17.0 Å². The third-order valence-electron chi connectivity index (χ3n) is 8.29. The Morgan fingerprint density at radius 1 is 1.17 bits per heavy atom. The first kappa shape index (κ1) is 22.6. The summed E-state index contributed by atoms with van der Waals surface area (Å²) in [6.45, 7) is 8.85. The van der Waals surface area contributed by atoms with Crippen molar-refractivity contribution < 1.29 is 9.47 Å². The molecule has 1 saturated heterocycles. The van der Waals surface area contributed by atoms with Gasteiger partial charge in [-0.2, -0.15) is 5.10 Å². The van der Waals surface area contributed by atoms with Crippen LogP contribution in [0.15, 0.2) is 36.8 Å². The van der Waals surface area contributed by atoms with Gasteiger partial charge in [-0.25, -0.2) is 9.50 Å². The van der Waals surface area contributed by atoms with Gasteiger partial charge in [-0.05, 0) is 79.2 Å². The third-order valence-corrected chi connectivity index (χ3v) is 8.29. The molecule has 1 aliphatic heterocycles. The predicted molar refractivity (Wildman–Crippen MR) is 139 cm³/mol. The molecule has 1 saturated carbocycles. The Morgan fingerprint density at radius 3 is 2.66 bits per heavy atom. The molecule has 35 heavy (non-hydrogen) atoms. The smallest absolute Gasteiger partial charge is 0.197 e. The maximum absolute atomic E-state index is 5.63. The van der Waals surface area contributed by atoms with Crippen LogP contribution in [0, 0.1) is 11.3 Å². The zero-order chi connectivity index (χ0) is 24.2. The summed E-state index contributed by atoms with van der Waals surface area (Å²) in [6.07, 6.45) is 10.2. The third kappa shape index (κ3) is 4.02. The van der Waals surface area contributed by atoms with E-state index in [1.165, 1.54) is 54.1 Å². The van der Waals surface area contributed by atoms with E-state index in [1.54, 1.807) is 18.0 Å². The predicted octanol–water partition coefficient (Wildman–Crippen LogP) is 6.71. The summed E-state index contributed by atoms with van der Waals surface area (Å²) in [7, 11) is 1.68. The number of H-pyrrole nitrogens is 1. The fourth-order valence-electron chi connectivity index (χ4n) is 6.46. The van der Waals surface area contributed by atoms with Crippen molar-refractivity contribution in [3.05, 3.63) is 47.9 Å². The average Bonchev–Trinajstić information content (AvgIpc) is 3.47. The number of benzene rings is 1. The summed E-state index contributed by atoms with van der Waals surface area (Å²) in [6, 6.07) is 9.16. The number of nitrogens with zero attached hydrogens (tertiary/aromatic N) is 3. The van der Waals surface area contributed by atoms with Crippen LogP contribution >= 0.6 is 0 Å². The maximum Gasteiger partial charge on any atom is 0.197 e. The highest BCUT2D eigenvalue weighted by molar-refractivity contribution is 5.92. The number of ether oxygens (including phenoxy) is 2. The Labute approximate surface area is 207 Å². The Morgan fingerprint density at radius 2 is 1.97 bits per heavy atom. The summed E-state index contributed by atoms with van der Waals surface area (Å²) in [5.74, 6) is 2.63. The van der Waals surface area contributed by atoms with Crippen molar-refractivity contribution in [1.29, 1.82) is 0 Å². The van der Waals surface area contributed by atoms with Gasteiger partial charge in [0.15, 0.2) is 11.4 Å². The molecule has 1 aromatic carbocycles. The van der Waals surface area contributed by atoms with Crippen molar-refractivity contribution >= 4 is 16.6 Å². The molecule has 0 atom stereocenters. The first-order valence-corrected chi connectivity index (χ1v) is 13.0. The fraction of sp³-hybridized carbons (Fsp3) is 0.517. The van der Waals surface area contributed by atoms with Gasteiger partial charge in [0.2, 0.25) is 0 Å². The molecule has 6 nitrogen and oxygen atoms in total. The van der Waals surface area contributed by atoms with E-state index < -0.39 is 0 Å². The maximum atomic E-state index is 5.63. The SMILES string of the molecule is COc1cc(-c2[nH]c3ccc(C4CCC(CC5(C)COC5)CC4)cc3c2C(C)C)cn2ncnc12. The molecule has 6 heteroatoms. The van der Waals surface area contributed by atoms with Crippen LogP contribution in [0.5, 0.6) is 5.75 Å². The van der Waals surface area contributed by atoms with E-state index >= 15 is 0 Å². The van der Waals surface area contributed by atoms with E-state index in [4.69, 9.17) is 9.47 Å². The molecular formula is C29H36N4O2. The number of aromatic nitrogens is 4. The standard InChI is InChI=1S/C29H36N4O2/c1-18(2)26-23-11-21(20-7-5-19(6-8-20)13-29(3)15-35-16-29)9-10-24(23)32-27(26)22-12-25(34-4)28-30-17-31-33(28)14-22/h9-12,14,17-20,32H,5-8,13,15-16H2,1-4H3. The minimum atomic E-state index is 0.382. The summed E-state index contributed by atoms with van der Waals surface area (Å²) >= 11 is 0. The minimum Gasteiger partial charge on any atom is -0.493 e. The second kappa shape index (κ2) is 8.66. The number of hydrogen-bond acceptors (Lipinski definition) is 4. The molecule has 0 spiro atoms. The van der Waals surface area contributed by atoms with E-state index in [0.717, 1.165) is 41.8 Å². The van der Waals surface area contributed by atoms with Crippen LogP contribution in [-0.4, -0.2) is 39.9 Å². The highest BCUT2D eigenvalue weighted by Crippen LogP contribution is 2.44. The van der Waals surface area contributed by atoms with Crippen LogP contribution in [0.4, 0.5) is 0 Å². The molecule has 3 aromatic heterocycles. The monoisotopic (exact) mass is 472 g/mol. The molecule has 1 N–H and O–H groups in total. The van der Waals surface area contributed by atoms with Crippen LogP contribution < -0.4 is 4.74 Å². The first-order chi connectivity index (χ1) is 16.9. The number of fused-ring (bicyclic) bond motifs is 2. The highest BCUT2D eigenvalue weighted by Gasteiger charge is 2.37. The fourth-order valence-corrected chi connectivity index (χ4v) is 6.46. The molecule has 1 aliphatic carbocycles. The minimum absolute atomic E-state index is 0.382. The van der Waals surface area contributed by atoms with Gasteiger partial charge in [0.05, 0.1) is 26.0 Å². The molecule has 0 amide bonds. The van der Waals surface area contributed by atoms with Crippen molar-refractivity contribution in [2.45, 2.75) is 64.7 Å². The number of hydrogen-bond donors (Lipinski definition) is 1. The number of nitrogens with one attached hydrogen (secondary N) is 1. The van der Waals surface area contributed by atoms with Crippen LogP contribution in [-0.2, 0) is 4.74 Å². The molecular weight excluding hydrogens is 436 g/mol. The molecule has 0 unspecified atom stereocenters. The quantitative estimate of drug-likeness (QED) is 0.339. The number of pyridine rings is 1. The molecule has 4 heterocycles. The zero-order valence-corrected chi connectivity index (χ0v) is 21.3. The lowest BCUT2D eigenvalue weighted by Crippen LogP contribution is -2.41. The normalized spacial score (nSPS) is 22.1. The molecule has 2 fully saturated rings. The molecule has 4 aromatic rings. The lowest BCUT2D eigenvalue weighted by atomic mass is 9.71. The van der Waals surface area contributed by atoms with E-state index in [2.05, 4.69) is 60.1 Å². The second-order valence-corrected chi connectivity index (χ2v) is 11.4. The summed E-state index contributed by atoms with van der Waals surface area (Å²) in [5.41, 5.74) is 7.41. The number of rotatable bonds is 6. The molecule has 2 aliphatic rings. The van der Waals surface area contributed by atoms with Crippen molar-refractivity contribution in [3.63, 3.8) is 0 Å². The largest absolute Gasteiger partial charge is 0.493 e. The Bertz CT molecular complexity index is 1360. The van der Waals surface area contributed by atoms with Crippen molar-refractivity contribution in [2.75, 3.05) is 20.3 Å². The van der Waals surface area contributed by atoms with Crippen LogP contribution in [0.25, 0.3) is 27.8 Å². The second-order valence-electron chi connectivity index (χ2n) is 11.4. The van der Waals surface area contributed by atoms with Gasteiger partial charge >= 0.3 is 0 Å². The van der Waals surface area contributed by atoms with E-state index in [1.807, 2.05) is 6.20 Å². The summed E-state index contributed by atoms with van der Waals surface area (Å²) in [4.78, 5) is 8.05. The lowest BCUT2D eigenvalue weighted by Gasteiger charge is -2.42. The van der Waals surface area contributed by atoms with E-state index in [9.17, 15) is 0 Å². The lowest BCUT2D eigenvalue weighted by molar-refractivity contribution is -0.115. The Kier molecular flexibility index (Phi) is 5.59. The summed E-state index contributed by atoms with van der Waals surface area (Å²) in [5, 5.41) is 5.70. The van der Waals surface area contributed by atoms with Gasteiger partial charge in [-0.15, -0.1) is 0 Å². The molecule has 0 bridgehead atoms. The van der Waals surface area contributed by atoms with E-state index in [0.29, 0.717) is 17.3 Å². The Hall–Kier alpha value is -2.86. The summed E-state index contributed by atoms with van der Waals surface area (Å²) < 4.78 is 12.9. The Balaban J connectivity index is 1.31. The van der Waals surface area contributed by atoms with Gasteiger partial charge < -0.3 is 14.5 Å². The highest BCUT2D eigenvalue weighted by atomic mass is 16.5. The molecule has 184 valence electrons. The van der Waals surface area contributed by atoms with Crippen LogP contribution in [0.3, 0.4) is 0 Å². The topological polar surface area (TPSA) is 64.4 Å². The first-order valence-electron chi connectivity index (χ1n) is 13.0. The van der Waals surface area contributed by atoms with Crippen LogP contribution in [0.2, 0.25) is 0 Å². The zero-order valence-electron chi connectivity index (χ0n) is 21.3. The van der Waals surface area contributed by atoms with Crippen molar-refractivity contribution in [2.24, 2.45) is 11.3 Å². The van der Waals surface area contributed by atoms with E-state index in [-0.39, 0.29) is 0 Å². The average molecular weight is 473 g/mol. The van der Waals surface area contributed by atoms with Crippen LogP contribution in [0.1, 0.15) is 75.8 Å². The van der Waals surface area contributed by atoms with Gasteiger partial charge in [0.25, 0.3) is 0 Å². The van der Waals surface area contributed by atoms with Crippen molar-refractivity contribution in [1.82, 2.24) is 19.6 Å². The van der Waals surface area contributed by atoms with Gasteiger partial charge in [-0.3, -0.25) is 0 Å².